The molecule has 0 heterocycles. The molecule has 0 bridgehead atoms. The number of aryl methyl sites for hydroxylation is 1. The molecule has 144 valence electrons. The molecule has 8 heteroatoms. The monoisotopic (exact) mass is 392 g/mol. The first-order valence-corrected chi connectivity index (χ1v) is 10.0. The highest BCUT2D eigenvalue weighted by Crippen LogP contribution is 2.28. The molecule has 0 atom stereocenters. The van der Waals surface area contributed by atoms with Crippen LogP contribution in [0.3, 0.4) is 0 Å². The van der Waals surface area contributed by atoms with Crippen molar-refractivity contribution in [2.75, 3.05) is 7.11 Å². The molecule has 0 aromatic heterocycles. The minimum absolute atomic E-state index is 0.0615. The summed E-state index contributed by atoms with van der Waals surface area (Å²) in [4.78, 5) is 12.3. The van der Waals surface area contributed by atoms with Gasteiger partial charge >= 0.3 is 0 Å². The average molecular weight is 392 g/mol. The van der Waals surface area contributed by atoms with Crippen molar-refractivity contribution in [1.29, 1.82) is 0 Å². The molecule has 1 amide bonds. The molecule has 0 aliphatic heterocycles. The van der Waals surface area contributed by atoms with Gasteiger partial charge in [-0.3, -0.25) is 4.79 Å². The zero-order valence-electron chi connectivity index (χ0n) is 15.1. The molecule has 6 nitrogen and oxygen atoms in total. The summed E-state index contributed by atoms with van der Waals surface area (Å²) >= 11 is 0. The Bertz CT molecular complexity index is 972. The van der Waals surface area contributed by atoms with Gasteiger partial charge in [0, 0.05) is 18.2 Å². The van der Waals surface area contributed by atoms with Crippen molar-refractivity contribution in [1.82, 2.24) is 10.0 Å². The minimum atomic E-state index is -3.78. The number of nitrogens with one attached hydrogen (secondary N) is 2. The Balaban J connectivity index is 1.78. The van der Waals surface area contributed by atoms with Crippen LogP contribution in [0.4, 0.5) is 4.39 Å². The van der Waals surface area contributed by atoms with E-state index in [1.54, 1.807) is 19.1 Å². The van der Waals surface area contributed by atoms with Gasteiger partial charge in [0.1, 0.15) is 16.5 Å². The normalized spacial score (nSPS) is 14.0. The van der Waals surface area contributed by atoms with Crippen LogP contribution in [0, 0.1) is 12.7 Å². The Kier molecular flexibility index (Phi) is 5.48. The number of rotatable bonds is 7. The Labute approximate surface area is 157 Å². The first-order chi connectivity index (χ1) is 12.8. The molecule has 0 saturated heterocycles. The lowest BCUT2D eigenvalue weighted by molar-refractivity contribution is 0.0950. The van der Waals surface area contributed by atoms with E-state index < -0.39 is 15.9 Å². The smallest absolute Gasteiger partial charge is 0.251 e. The van der Waals surface area contributed by atoms with Gasteiger partial charge in [-0.15, -0.1) is 0 Å². The van der Waals surface area contributed by atoms with Crippen molar-refractivity contribution in [3.63, 3.8) is 0 Å². The maximum absolute atomic E-state index is 13.6. The molecular weight excluding hydrogens is 371 g/mol. The van der Waals surface area contributed by atoms with Crippen molar-refractivity contribution in [2.45, 2.75) is 37.2 Å². The minimum Gasteiger partial charge on any atom is -0.495 e. The van der Waals surface area contributed by atoms with E-state index in [4.69, 9.17) is 4.74 Å². The van der Waals surface area contributed by atoms with Crippen molar-refractivity contribution < 1.29 is 22.3 Å². The van der Waals surface area contributed by atoms with Gasteiger partial charge in [0.15, 0.2) is 0 Å². The molecule has 0 spiro atoms. The van der Waals surface area contributed by atoms with E-state index in [-0.39, 0.29) is 34.6 Å². The van der Waals surface area contributed by atoms with Crippen LogP contribution in [-0.2, 0) is 16.6 Å². The summed E-state index contributed by atoms with van der Waals surface area (Å²) in [5, 5.41) is 2.67. The van der Waals surface area contributed by atoms with Crippen molar-refractivity contribution in [3.05, 3.63) is 58.9 Å². The van der Waals surface area contributed by atoms with Crippen LogP contribution >= 0.6 is 0 Å². The summed E-state index contributed by atoms with van der Waals surface area (Å²) in [5.74, 6) is -0.632. The van der Waals surface area contributed by atoms with E-state index in [1.165, 1.54) is 31.4 Å². The predicted molar refractivity (Wildman–Crippen MR) is 98.6 cm³/mol. The first-order valence-electron chi connectivity index (χ1n) is 8.54. The van der Waals surface area contributed by atoms with E-state index in [0.717, 1.165) is 12.8 Å². The molecule has 1 aliphatic carbocycles. The molecule has 1 fully saturated rings. The van der Waals surface area contributed by atoms with E-state index >= 15 is 0 Å². The Morgan fingerprint density at radius 2 is 1.96 bits per heavy atom. The SMILES string of the molecule is COc1ccc(C(=O)NCc2ccc(C)c(F)c2)cc1S(=O)(=O)NC1CC1. The molecule has 27 heavy (non-hydrogen) atoms. The molecule has 3 rings (SSSR count). The Morgan fingerprint density at radius 1 is 1.22 bits per heavy atom. The molecular formula is C19H21FN2O4S. The van der Waals surface area contributed by atoms with Crippen LogP contribution in [0.1, 0.15) is 34.3 Å². The second-order valence-corrected chi connectivity index (χ2v) is 8.21. The van der Waals surface area contributed by atoms with E-state index in [2.05, 4.69) is 10.0 Å². The molecule has 1 aliphatic rings. The van der Waals surface area contributed by atoms with Gasteiger partial charge in [0.05, 0.1) is 7.11 Å². The number of sulfonamides is 1. The number of halogens is 1. The van der Waals surface area contributed by atoms with Gasteiger partial charge in [0.25, 0.3) is 5.91 Å². The highest BCUT2D eigenvalue weighted by Gasteiger charge is 2.30. The summed E-state index contributed by atoms with van der Waals surface area (Å²) < 4.78 is 46.4. The third-order valence-corrected chi connectivity index (χ3v) is 5.85. The summed E-state index contributed by atoms with van der Waals surface area (Å²) in [6.07, 6.45) is 1.60. The number of hydrogen-bond acceptors (Lipinski definition) is 4. The van der Waals surface area contributed by atoms with Gasteiger partial charge in [-0.1, -0.05) is 12.1 Å². The number of amides is 1. The van der Waals surface area contributed by atoms with E-state index in [0.29, 0.717) is 11.1 Å². The fourth-order valence-corrected chi connectivity index (χ4v) is 4.04. The van der Waals surface area contributed by atoms with Gasteiger partial charge in [-0.05, 0) is 55.2 Å². The fourth-order valence-electron chi connectivity index (χ4n) is 2.54. The lowest BCUT2D eigenvalue weighted by Crippen LogP contribution is -2.27. The molecule has 2 aromatic carbocycles. The number of methoxy groups -OCH3 is 1. The standard InChI is InChI=1S/C19H21FN2O4S/c1-12-3-4-13(9-16(12)20)11-21-19(23)14-5-8-17(26-2)18(10-14)27(24,25)22-15-6-7-15/h3-5,8-10,15,22H,6-7,11H2,1-2H3,(H,21,23). The summed E-state index contributed by atoms with van der Waals surface area (Å²) in [6.45, 7) is 1.79. The second kappa shape index (κ2) is 7.66. The number of hydrogen-bond donors (Lipinski definition) is 2. The molecule has 2 N–H and O–H groups in total. The number of carbonyl (C=O) groups is 1. The topological polar surface area (TPSA) is 84.5 Å². The van der Waals surface area contributed by atoms with Gasteiger partial charge in [-0.25, -0.2) is 17.5 Å². The fraction of sp³-hybridized carbons (Fsp3) is 0.316. The van der Waals surface area contributed by atoms with Crippen LogP contribution in [0.2, 0.25) is 0 Å². The number of ether oxygens (including phenoxy) is 1. The first kappa shape index (κ1) is 19.3. The lowest BCUT2D eigenvalue weighted by atomic mass is 10.1. The quantitative estimate of drug-likeness (QED) is 0.758. The average Bonchev–Trinajstić information content (AvgIpc) is 3.45. The second-order valence-electron chi connectivity index (χ2n) is 6.53. The maximum atomic E-state index is 13.6. The third kappa shape index (κ3) is 4.64. The van der Waals surface area contributed by atoms with Crippen LogP contribution in [-0.4, -0.2) is 27.5 Å². The predicted octanol–water partition coefficient (Wildman–Crippen LogP) is 2.51. The van der Waals surface area contributed by atoms with Crippen molar-refractivity contribution in [3.8, 4) is 5.75 Å². The largest absolute Gasteiger partial charge is 0.495 e. The van der Waals surface area contributed by atoms with E-state index in [1.807, 2.05) is 0 Å². The summed E-state index contributed by atoms with van der Waals surface area (Å²) in [7, 11) is -2.41. The van der Waals surface area contributed by atoms with Crippen LogP contribution in [0.15, 0.2) is 41.3 Å². The van der Waals surface area contributed by atoms with Crippen LogP contribution < -0.4 is 14.8 Å². The number of carbonyl (C=O) groups excluding carboxylic acids is 1. The zero-order chi connectivity index (χ0) is 19.6. The summed E-state index contributed by atoms with van der Waals surface area (Å²) in [6, 6.07) is 8.88. The molecule has 0 unspecified atom stereocenters. The highest BCUT2D eigenvalue weighted by atomic mass is 32.2. The Morgan fingerprint density at radius 3 is 2.59 bits per heavy atom. The van der Waals surface area contributed by atoms with E-state index in [9.17, 15) is 17.6 Å². The van der Waals surface area contributed by atoms with Crippen molar-refractivity contribution >= 4 is 15.9 Å². The zero-order valence-corrected chi connectivity index (χ0v) is 15.9. The Hall–Kier alpha value is -2.45. The molecule has 2 aromatic rings. The van der Waals surface area contributed by atoms with Gasteiger partial charge in [-0.2, -0.15) is 0 Å². The lowest BCUT2D eigenvalue weighted by Gasteiger charge is -2.12. The molecule has 0 radical (unpaired) electrons. The van der Waals surface area contributed by atoms with Crippen LogP contribution in [0.25, 0.3) is 0 Å². The third-order valence-electron chi connectivity index (χ3n) is 4.30. The summed E-state index contributed by atoms with van der Waals surface area (Å²) in [5.41, 5.74) is 1.32. The van der Waals surface area contributed by atoms with Crippen molar-refractivity contribution in [2.24, 2.45) is 0 Å². The molecule has 1 saturated carbocycles. The van der Waals surface area contributed by atoms with Crippen LogP contribution in [0.5, 0.6) is 5.75 Å². The van der Waals surface area contributed by atoms with Gasteiger partial charge in [0.2, 0.25) is 10.0 Å². The van der Waals surface area contributed by atoms with Gasteiger partial charge < -0.3 is 10.1 Å². The number of benzene rings is 2. The highest BCUT2D eigenvalue weighted by molar-refractivity contribution is 7.89. The maximum Gasteiger partial charge on any atom is 0.251 e.